The zero-order valence-corrected chi connectivity index (χ0v) is 14.9. The van der Waals surface area contributed by atoms with Gasteiger partial charge in [0.1, 0.15) is 0 Å². The van der Waals surface area contributed by atoms with Gasteiger partial charge in [-0.15, -0.1) is 0 Å². The quantitative estimate of drug-likeness (QED) is 0.843. The first-order valence-electron chi connectivity index (χ1n) is 8.65. The molecule has 0 saturated heterocycles. The van der Waals surface area contributed by atoms with Crippen LogP contribution in [-0.4, -0.2) is 33.9 Å². The summed E-state index contributed by atoms with van der Waals surface area (Å²) < 4.78 is 1.76. The smallest absolute Gasteiger partial charge is 0.223 e. The van der Waals surface area contributed by atoms with E-state index in [1.165, 1.54) is 6.42 Å². The molecule has 1 aromatic heterocycles. The molecule has 0 radical (unpaired) electrons. The summed E-state index contributed by atoms with van der Waals surface area (Å²) in [6.45, 7) is 7.33. The van der Waals surface area contributed by atoms with Crippen molar-refractivity contribution in [3.05, 3.63) is 18.0 Å². The second-order valence-corrected chi connectivity index (χ2v) is 8.13. The first kappa shape index (κ1) is 18.0. The van der Waals surface area contributed by atoms with E-state index in [1.54, 1.807) is 4.68 Å². The Balaban J connectivity index is 1.84. The second kappa shape index (κ2) is 7.47. The number of rotatable bonds is 6. The monoisotopic (exact) mass is 321 g/mol. The molecule has 5 nitrogen and oxygen atoms in total. The van der Waals surface area contributed by atoms with Crippen molar-refractivity contribution in [1.29, 1.82) is 0 Å². The third kappa shape index (κ3) is 5.34. The minimum Gasteiger partial charge on any atom is -0.396 e. The van der Waals surface area contributed by atoms with Gasteiger partial charge in [0.15, 0.2) is 0 Å². The Morgan fingerprint density at radius 2 is 2.26 bits per heavy atom. The molecule has 130 valence electrons. The molecule has 3 atom stereocenters. The zero-order valence-electron chi connectivity index (χ0n) is 14.9. The number of aliphatic hydroxyl groups excluding tert-OH is 1. The SMILES string of the molecule is C[C@@H]1C[C@@H](C(=O)NC[C@@H](CO)Cc2cnn(C)c2)CC(C)(C)C1. The van der Waals surface area contributed by atoms with Gasteiger partial charge in [-0.1, -0.05) is 20.8 Å². The van der Waals surface area contributed by atoms with Gasteiger partial charge in [0.2, 0.25) is 5.91 Å². The van der Waals surface area contributed by atoms with Crippen LogP contribution >= 0.6 is 0 Å². The average molecular weight is 321 g/mol. The molecular formula is C18H31N3O2. The summed E-state index contributed by atoms with van der Waals surface area (Å²) in [5, 5.41) is 16.8. The van der Waals surface area contributed by atoms with Crippen LogP contribution in [0, 0.1) is 23.2 Å². The summed E-state index contributed by atoms with van der Waals surface area (Å²) in [6, 6.07) is 0. The lowest BCUT2D eigenvalue weighted by Gasteiger charge is -2.38. The average Bonchev–Trinajstić information content (AvgIpc) is 2.86. The van der Waals surface area contributed by atoms with Crippen LogP contribution in [0.25, 0.3) is 0 Å². The van der Waals surface area contributed by atoms with Crippen molar-refractivity contribution in [3.63, 3.8) is 0 Å². The van der Waals surface area contributed by atoms with Gasteiger partial charge in [0, 0.05) is 38.2 Å². The highest BCUT2D eigenvalue weighted by atomic mass is 16.3. The molecule has 1 aromatic rings. The highest BCUT2D eigenvalue weighted by Gasteiger charge is 2.35. The number of hydrogen-bond donors (Lipinski definition) is 2. The van der Waals surface area contributed by atoms with E-state index in [4.69, 9.17) is 0 Å². The van der Waals surface area contributed by atoms with Gasteiger partial charge in [-0.25, -0.2) is 0 Å². The zero-order chi connectivity index (χ0) is 17.0. The minimum atomic E-state index is 0.0391. The van der Waals surface area contributed by atoms with Crippen LogP contribution < -0.4 is 5.32 Å². The van der Waals surface area contributed by atoms with Crippen molar-refractivity contribution in [1.82, 2.24) is 15.1 Å². The second-order valence-electron chi connectivity index (χ2n) is 8.13. The molecule has 1 saturated carbocycles. The molecule has 2 rings (SSSR count). The number of nitrogens with one attached hydrogen (secondary N) is 1. The third-order valence-electron chi connectivity index (χ3n) is 4.86. The fraction of sp³-hybridized carbons (Fsp3) is 0.778. The molecular weight excluding hydrogens is 290 g/mol. The normalized spacial score (nSPS) is 25.1. The molecule has 0 aromatic carbocycles. The highest BCUT2D eigenvalue weighted by molar-refractivity contribution is 5.78. The number of carbonyl (C=O) groups excluding carboxylic acids is 1. The Morgan fingerprint density at radius 3 is 2.83 bits per heavy atom. The maximum atomic E-state index is 12.5. The predicted molar refractivity (Wildman–Crippen MR) is 90.8 cm³/mol. The summed E-state index contributed by atoms with van der Waals surface area (Å²) in [5.41, 5.74) is 1.33. The minimum absolute atomic E-state index is 0.0391. The van der Waals surface area contributed by atoms with Crippen molar-refractivity contribution in [2.75, 3.05) is 13.2 Å². The van der Waals surface area contributed by atoms with Crippen molar-refractivity contribution in [2.45, 2.75) is 46.5 Å². The van der Waals surface area contributed by atoms with Crippen molar-refractivity contribution < 1.29 is 9.90 Å². The molecule has 0 unspecified atom stereocenters. The van der Waals surface area contributed by atoms with Crippen LogP contribution in [-0.2, 0) is 18.3 Å². The van der Waals surface area contributed by atoms with Crippen LogP contribution in [0.2, 0.25) is 0 Å². The van der Waals surface area contributed by atoms with E-state index < -0.39 is 0 Å². The third-order valence-corrected chi connectivity index (χ3v) is 4.86. The van der Waals surface area contributed by atoms with Gasteiger partial charge in [-0.2, -0.15) is 5.10 Å². The number of aryl methyl sites for hydroxylation is 1. The van der Waals surface area contributed by atoms with Crippen molar-refractivity contribution in [3.8, 4) is 0 Å². The van der Waals surface area contributed by atoms with E-state index in [0.29, 0.717) is 12.5 Å². The van der Waals surface area contributed by atoms with E-state index in [0.717, 1.165) is 24.8 Å². The standard InChI is InChI=1S/C18H31N3O2/c1-13-5-16(8-18(2,3)7-13)17(23)19-9-15(12-22)6-14-10-20-21(4)11-14/h10-11,13,15-16,22H,5-9,12H2,1-4H3,(H,19,23)/t13-,15+,16-/m1/s1. The van der Waals surface area contributed by atoms with Crippen LogP contribution in [0.1, 0.15) is 45.6 Å². The topological polar surface area (TPSA) is 67.2 Å². The predicted octanol–water partition coefficient (Wildman–Crippen LogP) is 2.15. The van der Waals surface area contributed by atoms with E-state index in [1.807, 2.05) is 19.4 Å². The van der Waals surface area contributed by atoms with Crippen LogP contribution in [0.5, 0.6) is 0 Å². The molecule has 1 fully saturated rings. The van der Waals surface area contributed by atoms with Gasteiger partial charge >= 0.3 is 0 Å². The largest absolute Gasteiger partial charge is 0.396 e. The van der Waals surface area contributed by atoms with Crippen molar-refractivity contribution in [2.24, 2.45) is 30.2 Å². The number of aromatic nitrogens is 2. The fourth-order valence-electron chi connectivity index (χ4n) is 4.05. The van der Waals surface area contributed by atoms with Gasteiger partial charge in [-0.05, 0) is 42.6 Å². The Hall–Kier alpha value is -1.36. The Kier molecular flexibility index (Phi) is 5.84. The van der Waals surface area contributed by atoms with Crippen LogP contribution in [0.3, 0.4) is 0 Å². The number of amides is 1. The summed E-state index contributed by atoms with van der Waals surface area (Å²) >= 11 is 0. The van der Waals surface area contributed by atoms with Gasteiger partial charge < -0.3 is 10.4 Å². The highest BCUT2D eigenvalue weighted by Crippen LogP contribution is 2.41. The maximum Gasteiger partial charge on any atom is 0.223 e. The lowest BCUT2D eigenvalue weighted by molar-refractivity contribution is -0.128. The van der Waals surface area contributed by atoms with E-state index in [-0.39, 0.29) is 29.8 Å². The number of carbonyl (C=O) groups is 1. The van der Waals surface area contributed by atoms with Gasteiger partial charge in [-0.3, -0.25) is 9.48 Å². The molecule has 5 heteroatoms. The molecule has 1 heterocycles. The summed E-state index contributed by atoms with van der Waals surface area (Å²) in [5.74, 6) is 0.886. The van der Waals surface area contributed by atoms with Crippen LogP contribution in [0.15, 0.2) is 12.4 Å². The molecule has 23 heavy (non-hydrogen) atoms. The maximum absolute atomic E-state index is 12.5. The Labute approximate surface area is 139 Å². The number of hydrogen-bond acceptors (Lipinski definition) is 3. The van der Waals surface area contributed by atoms with Gasteiger partial charge in [0.25, 0.3) is 0 Å². The number of nitrogens with zero attached hydrogens (tertiary/aromatic N) is 2. The number of aliphatic hydroxyl groups is 1. The molecule has 0 bridgehead atoms. The van der Waals surface area contributed by atoms with Crippen LogP contribution in [0.4, 0.5) is 0 Å². The molecule has 1 aliphatic carbocycles. The molecule has 1 amide bonds. The van der Waals surface area contributed by atoms with E-state index in [2.05, 4.69) is 31.2 Å². The Bertz CT molecular complexity index is 524. The van der Waals surface area contributed by atoms with E-state index in [9.17, 15) is 9.90 Å². The summed E-state index contributed by atoms with van der Waals surface area (Å²) in [6.07, 6.45) is 7.62. The summed E-state index contributed by atoms with van der Waals surface area (Å²) in [7, 11) is 1.88. The lowest BCUT2D eigenvalue weighted by atomic mass is 9.68. The fourth-order valence-corrected chi connectivity index (χ4v) is 4.05. The Morgan fingerprint density at radius 1 is 1.52 bits per heavy atom. The van der Waals surface area contributed by atoms with E-state index >= 15 is 0 Å². The molecule has 1 aliphatic rings. The first-order valence-corrected chi connectivity index (χ1v) is 8.65. The van der Waals surface area contributed by atoms with Crippen molar-refractivity contribution >= 4 is 5.91 Å². The first-order chi connectivity index (χ1) is 10.8. The lowest BCUT2D eigenvalue weighted by Crippen LogP contribution is -2.40. The molecule has 2 N–H and O–H groups in total. The molecule has 0 aliphatic heterocycles. The summed E-state index contributed by atoms with van der Waals surface area (Å²) in [4.78, 5) is 12.5. The molecule has 0 spiro atoms. The van der Waals surface area contributed by atoms with Gasteiger partial charge in [0.05, 0.1) is 6.20 Å².